The molecule has 2 N–H and O–H groups in total. The number of ether oxygens (including phenoxy) is 3. The number of aromatic amines is 1. The van der Waals surface area contributed by atoms with Crippen molar-refractivity contribution >= 4 is 29.3 Å². The summed E-state index contributed by atoms with van der Waals surface area (Å²) in [6, 6.07) is 17.2. The van der Waals surface area contributed by atoms with E-state index >= 15 is 0 Å². The molecule has 2 aromatic carbocycles. The Hall–Kier alpha value is -4.60. The Balaban J connectivity index is 1.30. The number of imidazole rings is 1. The average molecular weight is 516 g/mol. The van der Waals surface area contributed by atoms with Crippen LogP contribution in [0.2, 0.25) is 0 Å². The molecule has 38 heavy (non-hydrogen) atoms. The third-order valence-electron chi connectivity index (χ3n) is 5.80. The summed E-state index contributed by atoms with van der Waals surface area (Å²) in [5.74, 6) is 0.974. The maximum atomic E-state index is 12.7. The lowest BCUT2D eigenvalue weighted by molar-refractivity contribution is 0.0225. The van der Waals surface area contributed by atoms with Gasteiger partial charge in [0.1, 0.15) is 24.6 Å². The van der Waals surface area contributed by atoms with Gasteiger partial charge in [0.15, 0.2) is 5.65 Å². The van der Waals surface area contributed by atoms with E-state index in [0.717, 1.165) is 28.0 Å². The van der Waals surface area contributed by atoms with Crippen molar-refractivity contribution in [1.29, 1.82) is 0 Å². The number of pyridine rings is 1. The van der Waals surface area contributed by atoms with E-state index in [1.54, 1.807) is 11.1 Å². The molecule has 2 amide bonds. The molecule has 2 aromatic heterocycles. The minimum atomic E-state index is -0.617. The zero-order valence-electron chi connectivity index (χ0n) is 21.5. The van der Waals surface area contributed by atoms with Gasteiger partial charge in [-0.15, -0.1) is 0 Å². The maximum absolute atomic E-state index is 12.7. The van der Waals surface area contributed by atoms with E-state index in [1.807, 2.05) is 75.4 Å². The number of carbonyl (C=O) groups excluding carboxylic acids is 2. The van der Waals surface area contributed by atoms with Crippen LogP contribution in [-0.2, 0) is 22.6 Å². The van der Waals surface area contributed by atoms with Crippen LogP contribution in [0.15, 0.2) is 60.8 Å². The lowest BCUT2D eigenvalue weighted by Gasteiger charge is -2.26. The summed E-state index contributed by atoms with van der Waals surface area (Å²) in [4.78, 5) is 38.3. The van der Waals surface area contributed by atoms with Crippen molar-refractivity contribution in [3.8, 4) is 16.9 Å². The van der Waals surface area contributed by atoms with Crippen LogP contribution in [0.3, 0.4) is 0 Å². The number of carbonyl (C=O) groups is 2. The first-order valence-corrected chi connectivity index (χ1v) is 12.3. The van der Waals surface area contributed by atoms with Gasteiger partial charge < -0.3 is 24.1 Å². The number of rotatable bonds is 4. The van der Waals surface area contributed by atoms with Gasteiger partial charge in [-0.1, -0.05) is 36.4 Å². The van der Waals surface area contributed by atoms with Crippen LogP contribution in [0.5, 0.6) is 5.75 Å². The van der Waals surface area contributed by atoms with E-state index < -0.39 is 11.7 Å². The Labute approximate surface area is 219 Å². The number of nitrogens with zero attached hydrogens (tertiary/aromatic N) is 3. The van der Waals surface area contributed by atoms with Crippen molar-refractivity contribution in [3.63, 3.8) is 0 Å². The predicted molar refractivity (Wildman–Crippen MR) is 142 cm³/mol. The fourth-order valence-electron chi connectivity index (χ4n) is 4.03. The molecule has 0 bridgehead atoms. The Kier molecular flexibility index (Phi) is 6.87. The van der Waals surface area contributed by atoms with Crippen LogP contribution in [0.4, 0.5) is 15.5 Å². The minimum absolute atomic E-state index is 0.155. The fraction of sp³-hybridized carbons (Fsp3) is 0.286. The minimum Gasteiger partial charge on any atom is -0.491 e. The number of anilines is 1. The molecule has 10 nitrogen and oxygen atoms in total. The zero-order valence-corrected chi connectivity index (χ0v) is 21.5. The number of hydrogen-bond donors (Lipinski definition) is 2. The Morgan fingerprint density at radius 1 is 1.11 bits per heavy atom. The number of amides is 2. The predicted octanol–water partition coefficient (Wildman–Crippen LogP) is 5.50. The van der Waals surface area contributed by atoms with Gasteiger partial charge >= 0.3 is 12.2 Å². The van der Waals surface area contributed by atoms with E-state index in [9.17, 15) is 9.59 Å². The van der Waals surface area contributed by atoms with E-state index in [-0.39, 0.29) is 18.6 Å². The molecule has 10 heteroatoms. The molecule has 1 aliphatic rings. The number of hydrogen-bond acceptors (Lipinski definition) is 7. The van der Waals surface area contributed by atoms with Gasteiger partial charge in [0.05, 0.1) is 18.6 Å². The van der Waals surface area contributed by atoms with Gasteiger partial charge in [0.2, 0.25) is 5.95 Å². The summed E-state index contributed by atoms with van der Waals surface area (Å²) in [7, 11) is 0. The smallest absolute Gasteiger partial charge is 0.414 e. The first-order chi connectivity index (χ1) is 18.2. The normalized spacial score (nSPS) is 13.3. The largest absolute Gasteiger partial charge is 0.491 e. The topological polar surface area (TPSA) is 119 Å². The summed E-state index contributed by atoms with van der Waals surface area (Å²) >= 11 is 0. The van der Waals surface area contributed by atoms with Gasteiger partial charge in [-0.2, -0.15) is 4.98 Å². The average Bonchev–Trinajstić information content (AvgIpc) is 3.15. The van der Waals surface area contributed by atoms with Crippen molar-refractivity contribution in [1.82, 2.24) is 19.9 Å². The number of fused-ring (bicyclic) bond motifs is 2. The van der Waals surface area contributed by atoms with Crippen LogP contribution in [0.1, 0.15) is 31.9 Å². The summed E-state index contributed by atoms with van der Waals surface area (Å²) in [6.07, 6.45) is 0.724. The summed E-state index contributed by atoms with van der Waals surface area (Å²) in [5, 5.41) is 2.61. The second kappa shape index (κ2) is 10.4. The molecular formula is C28H29N5O5. The van der Waals surface area contributed by atoms with E-state index in [2.05, 4.69) is 20.3 Å². The summed E-state index contributed by atoms with van der Waals surface area (Å²) in [6.45, 7) is 6.88. The third-order valence-corrected chi connectivity index (χ3v) is 5.80. The number of benzene rings is 2. The highest BCUT2D eigenvalue weighted by Crippen LogP contribution is 2.30. The molecule has 1 aliphatic heterocycles. The van der Waals surface area contributed by atoms with Gasteiger partial charge in [-0.25, -0.2) is 14.6 Å². The lowest BCUT2D eigenvalue weighted by atomic mass is 10.0. The Morgan fingerprint density at radius 2 is 1.92 bits per heavy atom. The highest BCUT2D eigenvalue weighted by Gasteiger charge is 2.25. The molecule has 0 fully saturated rings. The van der Waals surface area contributed by atoms with E-state index in [4.69, 9.17) is 14.2 Å². The second-order valence-corrected chi connectivity index (χ2v) is 9.94. The lowest BCUT2D eigenvalue weighted by Crippen LogP contribution is -2.37. The van der Waals surface area contributed by atoms with E-state index in [1.165, 1.54) is 0 Å². The number of nitrogens with one attached hydrogen (secondary N) is 2. The maximum Gasteiger partial charge on any atom is 0.414 e. The molecule has 0 saturated carbocycles. The standard InChI is InChI=1S/C28H29N5O5/c1-28(2,3)38-27(35)33-11-12-36-23-10-9-19(13-21(23)16-33)20-14-22-24(29-15-20)31-25(30-22)32-26(34)37-17-18-7-5-4-6-8-18/h4-10,13-15H,11-12,16-17H2,1-3H3,(H2,29,30,31,32,34). The molecule has 4 aromatic rings. The SMILES string of the molecule is CC(C)(C)OC(=O)N1CCOc2ccc(-c3cnc4nc(NC(=O)OCc5ccccc5)[nH]c4c3)cc2C1. The summed E-state index contributed by atoms with van der Waals surface area (Å²) in [5.41, 5.74) is 4.04. The van der Waals surface area contributed by atoms with Crippen molar-refractivity contribution in [2.24, 2.45) is 0 Å². The molecule has 0 unspecified atom stereocenters. The van der Waals surface area contributed by atoms with Crippen LogP contribution >= 0.6 is 0 Å². The molecule has 5 rings (SSSR count). The van der Waals surface area contributed by atoms with Gasteiger partial charge in [-0.3, -0.25) is 5.32 Å². The molecule has 0 atom stereocenters. The molecule has 0 saturated heterocycles. The van der Waals surface area contributed by atoms with Crippen LogP contribution in [0, 0.1) is 0 Å². The second-order valence-electron chi connectivity index (χ2n) is 9.94. The Bertz CT molecular complexity index is 1460. The van der Waals surface area contributed by atoms with Gasteiger partial charge in [0, 0.05) is 17.3 Å². The third kappa shape index (κ3) is 6.03. The van der Waals surface area contributed by atoms with Crippen LogP contribution in [0.25, 0.3) is 22.3 Å². The molecule has 196 valence electrons. The van der Waals surface area contributed by atoms with Gasteiger partial charge in [-0.05, 0) is 50.1 Å². The van der Waals surface area contributed by atoms with Crippen molar-refractivity contribution in [3.05, 3.63) is 71.9 Å². The monoisotopic (exact) mass is 515 g/mol. The Morgan fingerprint density at radius 3 is 2.71 bits per heavy atom. The first kappa shape index (κ1) is 25.1. The number of H-pyrrole nitrogens is 1. The van der Waals surface area contributed by atoms with Crippen LogP contribution in [-0.4, -0.2) is 50.8 Å². The van der Waals surface area contributed by atoms with Crippen molar-refractivity contribution < 1.29 is 23.8 Å². The number of aromatic nitrogens is 3. The van der Waals surface area contributed by atoms with Crippen molar-refractivity contribution in [2.45, 2.75) is 39.5 Å². The molecular weight excluding hydrogens is 486 g/mol. The highest BCUT2D eigenvalue weighted by atomic mass is 16.6. The molecule has 0 spiro atoms. The van der Waals surface area contributed by atoms with Gasteiger partial charge in [0.25, 0.3) is 0 Å². The summed E-state index contributed by atoms with van der Waals surface area (Å²) < 4.78 is 16.7. The quantitative estimate of drug-likeness (QED) is 0.368. The fourth-order valence-corrected chi connectivity index (χ4v) is 4.03. The highest BCUT2D eigenvalue weighted by molar-refractivity contribution is 5.86. The molecule has 3 heterocycles. The van der Waals surface area contributed by atoms with E-state index in [0.29, 0.717) is 30.9 Å². The zero-order chi connectivity index (χ0) is 26.7. The molecule has 0 radical (unpaired) electrons. The first-order valence-electron chi connectivity index (χ1n) is 12.3. The molecule has 0 aliphatic carbocycles. The van der Waals surface area contributed by atoms with Crippen LogP contribution < -0.4 is 10.1 Å². The van der Waals surface area contributed by atoms with Crippen molar-refractivity contribution in [2.75, 3.05) is 18.5 Å².